The van der Waals surface area contributed by atoms with Gasteiger partial charge in [0, 0.05) is 32.7 Å². The average molecular weight is 340 g/mol. The molecule has 0 unspecified atom stereocenters. The van der Waals surface area contributed by atoms with Gasteiger partial charge >= 0.3 is 0 Å². The van der Waals surface area contributed by atoms with Crippen LogP contribution in [0.4, 0.5) is 5.82 Å². The van der Waals surface area contributed by atoms with Crippen molar-refractivity contribution < 1.29 is 4.74 Å². The van der Waals surface area contributed by atoms with E-state index in [0.717, 1.165) is 49.1 Å². The van der Waals surface area contributed by atoms with Crippen molar-refractivity contribution in [1.82, 2.24) is 14.9 Å². The zero-order valence-corrected chi connectivity index (χ0v) is 14.5. The second kappa shape index (κ2) is 6.75. The summed E-state index contributed by atoms with van der Waals surface area (Å²) in [4.78, 5) is 14.8. The molecule has 3 heterocycles. The van der Waals surface area contributed by atoms with E-state index < -0.39 is 0 Å². The molecule has 0 saturated carbocycles. The van der Waals surface area contributed by atoms with Crippen molar-refractivity contribution in [2.75, 3.05) is 38.2 Å². The molecule has 2 aromatic heterocycles. The number of fused-ring (bicyclic) bond motifs is 1. The molecule has 1 aromatic carbocycles. The molecule has 5 nitrogen and oxygen atoms in total. The van der Waals surface area contributed by atoms with Crippen molar-refractivity contribution in [1.29, 1.82) is 0 Å². The Kier molecular flexibility index (Phi) is 4.32. The minimum absolute atomic E-state index is 0.909. The summed E-state index contributed by atoms with van der Waals surface area (Å²) in [5, 5.41) is 3.26. The number of hydrogen-bond acceptors (Lipinski definition) is 6. The summed E-state index contributed by atoms with van der Waals surface area (Å²) in [6.45, 7) is 5.06. The molecule has 0 bridgehead atoms. The zero-order valence-electron chi connectivity index (χ0n) is 13.7. The summed E-state index contributed by atoms with van der Waals surface area (Å²) in [6.07, 6.45) is 1.68. The van der Waals surface area contributed by atoms with Gasteiger partial charge in [0.1, 0.15) is 22.7 Å². The Hall–Kier alpha value is -2.18. The molecule has 0 radical (unpaired) electrons. The first-order valence-electron chi connectivity index (χ1n) is 8.12. The highest BCUT2D eigenvalue weighted by Gasteiger charge is 2.20. The van der Waals surface area contributed by atoms with E-state index in [1.165, 1.54) is 10.9 Å². The van der Waals surface area contributed by atoms with Crippen molar-refractivity contribution >= 4 is 27.4 Å². The highest BCUT2D eigenvalue weighted by atomic mass is 32.1. The van der Waals surface area contributed by atoms with E-state index in [1.54, 1.807) is 24.8 Å². The highest BCUT2D eigenvalue weighted by molar-refractivity contribution is 7.16. The first kappa shape index (κ1) is 15.4. The first-order chi connectivity index (χ1) is 11.8. The Morgan fingerprint density at radius 2 is 1.83 bits per heavy atom. The average Bonchev–Trinajstić information content (AvgIpc) is 3.12. The van der Waals surface area contributed by atoms with Crippen LogP contribution in [0.3, 0.4) is 0 Å². The summed E-state index contributed by atoms with van der Waals surface area (Å²) in [6, 6.07) is 10.5. The molecule has 1 saturated heterocycles. The van der Waals surface area contributed by atoms with Crippen LogP contribution in [0, 0.1) is 0 Å². The van der Waals surface area contributed by atoms with Crippen molar-refractivity contribution in [3.8, 4) is 5.75 Å². The number of hydrogen-bond donors (Lipinski definition) is 0. The maximum atomic E-state index is 5.22. The molecule has 1 aliphatic heterocycles. The normalized spacial score (nSPS) is 15.8. The predicted octanol–water partition coefficient (Wildman–Crippen LogP) is 3.02. The predicted molar refractivity (Wildman–Crippen MR) is 97.9 cm³/mol. The van der Waals surface area contributed by atoms with Gasteiger partial charge in [-0.3, -0.25) is 4.90 Å². The number of thiophene rings is 1. The first-order valence-corrected chi connectivity index (χ1v) is 9.00. The lowest BCUT2D eigenvalue weighted by Crippen LogP contribution is -2.46. The van der Waals surface area contributed by atoms with Gasteiger partial charge in [0.15, 0.2) is 0 Å². The third-order valence-electron chi connectivity index (χ3n) is 4.48. The van der Waals surface area contributed by atoms with E-state index in [-0.39, 0.29) is 0 Å². The summed E-state index contributed by atoms with van der Waals surface area (Å²) in [5.74, 6) is 1.98. The fourth-order valence-corrected chi connectivity index (χ4v) is 3.86. The molecule has 1 fully saturated rings. The number of anilines is 1. The van der Waals surface area contributed by atoms with Crippen LogP contribution in [0.15, 0.2) is 42.0 Å². The van der Waals surface area contributed by atoms with Crippen LogP contribution in [-0.4, -0.2) is 48.2 Å². The number of nitrogens with zero attached hydrogens (tertiary/aromatic N) is 4. The minimum Gasteiger partial charge on any atom is -0.497 e. The maximum Gasteiger partial charge on any atom is 0.140 e. The lowest BCUT2D eigenvalue weighted by Gasteiger charge is -2.35. The summed E-state index contributed by atoms with van der Waals surface area (Å²) < 4.78 is 5.22. The molecule has 1 aliphatic rings. The topological polar surface area (TPSA) is 41.5 Å². The molecule has 4 rings (SSSR count). The third kappa shape index (κ3) is 3.07. The smallest absolute Gasteiger partial charge is 0.140 e. The Morgan fingerprint density at radius 1 is 1.04 bits per heavy atom. The molecule has 0 spiro atoms. The minimum atomic E-state index is 0.909. The lowest BCUT2D eigenvalue weighted by atomic mass is 10.2. The van der Waals surface area contributed by atoms with E-state index in [1.807, 2.05) is 12.1 Å². The molecular weight excluding hydrogens is 320 g/mol. The van der Waals surface area contributed by atoms with Crippen LogP contribution in [0.2, 0.25) is 0 Å². The monoisotopic (exact) mass is 340 g/mol. The molecule has 24 heavy (non-hydrogen) atoms. The SMILES string of the molecule is COc1ccc(CN2CCN(c3ncnc4sccc34)CC2)cc1. The van der Waals surface area contributed by atoms with Gasteiger partial charge in [-0.2, -0.15) is 0 Å². The van der Waals surface area contributed by atoms with Crippen LogP contribution >= 0.6 is 11.3 Å². The molecular formula is C18H20N4OS. The van der Waals surface area contributed by atoms with Gasteiger partial charge in [-0.1, -0.05) is 12.1 Å². The number of piperazine rings is 1. The van der Waals surface area contributed by atoms with Crippen molar-refractivity contribution in [2.24, 2.45) is 0 Å². The fourth-order valence-electron chi connectivity index (χ4n) is 3.14. The van der Waals surface area contributed by atoms with E-state index in [2.05, 4.69) is 43.3 Å². The number of aromatic nitrogens is 2. The summed E-state index contributed by atoms with van der Waals surface area (Å²) in [5.41, 5.74) is 1.33. The highest BCUT2D eigenvalue weighted by Crippen LogP contribution is 2.27. The summed E-state index contributed by atoms with van der Waals surface area (Å²) >= 11 is 1.67. The largest absolute Gasteiger partial charge is 0.497 e. The number of methoxy groups -OCH3 is 1. The Balaban J connectivity index is 1.40. The number of rotatable bonds is 4. The molecule has 0 aliphatic carbocycles. The van der Waals surface area contributed by atoms with E-state index in [4.69, 9.17) is 4.74 Å². The zero-order chi connectivity index (χ0) is 16.4. The molecule has 6 heteroatoms. The van der Waals surface area contributed by atoms with Gasteiger partial charge in [0.25, 0.3) is 0 Å². The molecule has 0 atom stereocenters. The van der Waals surface area contributed by atoms with Gasteiger partial charge in [-0.15, -0.1) is 11.3 Å². The molecule has 0 N–H and O–H groups in total. The van der Waals surface area contributed by atoms with E-state index >= 15 is 0 Å². The standard InChI is InChI=1S/C18H20N4OS/c1-23-15-4-2-14(3-5-15)12-21-7-9-22(10-8-21)17-16-6-11-24-18(16)20-13-19-17/h2-6,11,13H,7-10,12H2,1H3. The van der Waals surface area contributed by atoms with Crippen molar-refractivity contribution in [3.05, 3.63) is 47.6 Å². The third-order valence-corrected chi connectivity index (χ3v) is 5.30. The second-order valence-electron chi connectivity index (χ2n) is 5.95. The van der Waals surface area contributed by atoms with Crippen LogP contribution in [0.1, 0.15) is 5.56 Å². The van der Waals surface area contributed by atoms with E-state index in [9.17, 15) is 0 Å². The fraction of sp³-hybridized carbons (Fsp3) is 0.333. The van der Waals surface area contributed by atoms with Crippen LogP contribution in [0.25, 0.3) is 10.2 Å². The number of ether oxygens (including phenoxy) is 1. The number of benzene rings is 1. The van der Waals surface area contributed by atoms with Crippen LogP contribution in [-0.2, 0) is 6.54 Å². The van der Waals surface area contributed by atoms with Gasteiger partial charge < -0.3 is 9.64 Å². The molecule has 0 amide bonds. The van der Waals surface area contributed by atoms with E-state index in [0.29, 0.717) is 0 Å². The van der Waals surface area contributed by atoms with Crippen LogP contribution in [0.5, 0.6) is 5.75 Å². The van der Waals surface area contributed by atoms with Crippen molar-refractivity contribution in [3.63, 3.8) is 0 Å². The molecule has 3 aromatic rings. The molecule has 124 valence electrons. The summed E-state index contributed by atoms with van der Waals surface area (Å²) in [7, 11) is 1.70. The van der Waals surface area contributed by atoms with Gasteiger partial charge in [-0.05, 0) is 29.1 Å². The maximum absolute atomic E-state index is 5.22. The Labute approximate surface area is 145 Å². The van der Waals surface area contributed by atoms with Gasteiger partial charge in [0.2, 0.25) is 0 Å². The van der Waals surface area contributed by atoms with Gasteiger partial charge in [-0.25, -0.2) is 9.97 Å². The Morgan fingerprint density at radius 3 is 2.58 bits per heavy atom. The second-order valence-corrected chi connectivity index (χ2v) is 6.84. The lowest BCUT2D eigenvalue weighted by molar-refractivity contribution is 0.249. The Bertz CT molecular complexity index is 809. The quantitative estimate of drug-likeness (QED) is 0.730. The van der Waals surface area contributed by atoms with Crippen molar-refractivity contribution in [2.45, 2.75) is 6.54 Å². The van der Waals surface area contributed by atoms with Crippen LogP contribution < -0.4 is 9.64 Å². The van der Waals surface area contributed by atoms with Gasteiger partial charge in [0.05, 0.1) is 12.5 Å².